The van der Waals surface area contributed by atoms with Crippen LogP contribution in [0.25, 0.3) is 0 Å². The van der Waals surface area contributed by atoms with Crippen LogP contribution in [0.4, 0.5) is 13.2 Å². The van der Waals surface area contributed by atoms with Gasteiger partial charge in [0.05, 0.1) is 16.8 Å². The predicted octanol–water partition coefficient (Wildman–Crippen LogP) is 0.317. The van der Waals surface area contributed by atoms with E-state index in [9.17, 15) is 22.8 Å². The molecular weight excluding hydrogens is 257 g/mol. The number of amides is 1. The molecule has 9 heteroatoms. The summed E-state index contributed by atoms with van der Waals surface area (Å²) in [4.78, 5) is 24.3. The Kier molecular flexibility index (Phi) is 3.56. The standard InChI is InChI=1S/C9H7F3N2O4/c10-9(11,12)4-1-3(7(13)16)2-14-5(4)6(15)8(17)18/h1-2,6,15H,(H2,13,16)(H,17,18). The molecule has 0 aliphatic heterocycles. The van der Waals surface area contributed by atoms with E-state index in [1.807, 2.05) is 0 Å². The van der Waals surface area contributed by atoms with Crippen molar-refractivity contribution in [2.45, 2.75) is 12.3 Å². The third-order valence-electron chi connectivity index (χ3n) is 2.00. The SMILES string of the molecule is NC(=O)c1cnc(C(O)C(=O)O)c(C(F)(F)F)c1. The predicted molar refractivity (Wildman–Crippen MR) is 50.4 cm³/mol. The van der Waals surface area contributed by atoms with Crippen LogP contribution in [0.3, 0.4) is 0 Å². The van der Waals surface area contributed by atoms with Gasteiger partial charge in [-0.3, -0.25) is 9.78 Å². The van der Waals surface area contributed by atoms with Gasteiger partial charge in [-0.2, -0.15) is 13.2 Å². The third kappa shape index (κ3) is 2.74. The lowest BCUT2D eigenvalue weighted by Crippen LogP contribution is -2.21. The number of carbonyl (C=O) groups excluding carboxylic acids is 1. The van der Waals surface area contributed by atoms with Crippen molar-refractivity contribution in [3.05, 3.63) is 29.1 Å². The lowest BCUT2D eigenvalue weighted by Gasteiger charge is -2.14. The highest BCUT2D eigenvalue weighted by atomic mass is 19.4. The van der Waals surface area contributed by atoms with E-state index in [1.165, 1.54) is 0 Å². The van der Waals surface area contributed by atoms with Crippen molar-refractivity contribution < 1.29 is 33.0 Å². The average Bonchev–Trinajstić information content (AvgIpc) is 2.25. The van der Waals surface area contributed by atoms with E-state index in [-0.39, 0.29) is 0 Å². The first-order valence-electron chi connectivity index (χ1n) is 4.42. The number of alkyl halides is 3. The van der Waals surface area contributed by atoms with Gasteiger partial charge >= 0.3 is 12.1 Å². The summed E-state index contributed by atoms with van der Waals surface area (Å²) >= 11 is 0. The Balaban J connectivity index is 3.44. The smallest absolute Gasteiger partial charge is 0.418 e. The zero-order valence-electron chi connectivity index (χ0n) is 8.60. The Labute approximate surface area is 97.9 Å². The second-order valence-electron chi connectivity index (χ2n) is 3.26. The van der Waals surface area contributed by atoms with Crippen LogP contribution in [0, 0.1) is 0 Å². The van der Waals surface area contributed by atoms with E-state index >= 15 is 0 Å². The van der Waals surface area contributed by atoms with Crippen LogP contribution in [0.5, 0.6) is 0 Å². The largest absolute Gasteiger partial charge is 0.479 e. The molecule has 0 saturated carbocycles. The van der Waals surface area contributed by atoms with Crippen LogP contribution in [-0.4, -0.2) is 27.1 Å². The first-order valence-corrected chi connectivity index (χ1v) is 4.42. The minimum Gasteiger partial charge on any atom is -0.479 e. The maximum atomic E-state index is 12.6. The molecule has 0 aromatic carbocycles. The summed E-state index contributed by atoms with van der Waals surface area (Å²) in [5, 5.41) is 17.5. The Morgan fingerprint density at radius 3 is 2.33 bits per heavy atom. The number of aromatic nitrogens is 1. The molecule has 0 bridgehead atoms. The van der Waals surface area contributed by atoms with E-state index in [4.69, 9.17) is 15.9 Å². The van der Waals surface area contributed by atoms with Gasteiger partial charge in [0, 0.05) is 6.20 Å². The van der Waals surface area contributed by atoms with Crippen LogP contribution in [0.15, 0.2) is 12.3 Å². The molecule has 1 unspecified atom stereocenters. The summed E-state index contributed by atoms with van der Waals surface area (Å²) in [6, 6.07) is 0.344. The Morgan fingerprint density at radius 1 is 1.39 bits per heavy atom. The molecule has 4 N–H and O–H groups in total. The number of nitrogens with two attached hydrogens (primary N) is 1. The van der Waals surface area contributed by atoms with Crippen molar-refractivity contribution in [1.29, 1.82) is 0 Å². The van der Waals surface area contributed by atoms with Gasteiger partial charge in [0.25, 0.3) is 0 Å². The molecule has 1 heterocycles. The molecule has 0 aliphatic carbocycles. The first kappa shape index (κ1) is 13.9. The maximum absolute atomic E-state index is 12.6. The minimum atomic E-state index is -4.97. The Hall–Kier alpha value is -2.16. The molecule has 1 aromatic rings. The van der Waals surface area contributed by atoms with Gasteiger partial charge in [-0.15, -0.1) is 0 Å². The number of hydrogen-bond donors (Lipinski definition) is 3. The number of carboxylic acid groups (broad SMARTS) is 1. The van der Waals surface area contributed by atoms with Crippen molar-refractivity contribution >= 4 is 11.9 Å². The van der Waals surface area contributed by atoms with Gasteiger partial charge in [0.1, 0.15) is 0 Å². The average molecular weight is 264 g/mol. The van der Waals surface area contributed by atoms with E-state index in [0.717, 1.165) is 0 Å². The van der Waals surface area contributed by atoms with Crippen LogP contribution in [0.2, 0.25) is 0 Å². The normalized spacial score (nSPS) is 13.1. The van der Waals surface area contributed by atoms with E-state index in [2.05, 4.69) is 4.98 Å². The van der Waals surface area contributed by atoms with Crippen LogP contribution in [0.1, 0.15) is 27.7 Å². The van der Waals surface area contributed by atoms with Crippen LogP contribution >= 0.6 is 0 Å². The summed E-state index contributed by atoms with van der Waals surface area (Å²) in [6.07, 6.45) is -6.74. The zero-order chi connectivity index (χ0) is 14.1. The van der Waals surface area contributed by atoms with Gasteiger partial charge in [-0.1, -0.05) is 0 Å². The molecule has 1 rings (SSSR count). The molecule has 0 fully saturated rings. The fraction of sp³-hybridized carbons (Fsp3) is 0.222. The number of halogens is 3. The number of carbonyl (C=O) groups is 2. The first-order chi connectivity index (χ1) is 8.14. The number of nitrogens with zero attached hydrogens (tertiary/aromatic N) is 1. The number of primary amides is 1. The van der Waals surface area contributed by atoms with Gasteiger partial charge in [0.2, 0.25) is 5.91 Å². The lowest BCUT2D eigenvalue weighted by atomic mass is 10.1. The van der Waals surface area contributed by atoms with Crippen molar-refractivity contribution in [3.8, 4) is 0 Å². The van der Waals surface area contributed by atoms with Gasteiger partial charge in [0.15, 0.2) is 6.10 Å². The van der Waals surface area contributed by atoms with Crippen molar-refractivity contribution in [2.24, 2.45) is 5.73 Å². The van der Waals surface area contributed by atoms with Crippen molar-refractivity contribution in [1.82, 2.24) is 4.98 Å². The minimum absolute atomic E-state index is 0.344. The summed E-state index contributed by atoms with van der Waals surface area (Å²) in [5.41, 5.74) is 1.63. The Bertz CT molecular complexity index is 501. The number of carboxylic acids is 1. The summed E-state index contributed by atoms with van der Waals surface area (Å²) in [6.45, 7) is 0. The van der Waals surface area contributed by atoms with E-state index < -0.39 is 41.0 Å². The molecule has 0 aliphatic rings. The molecule has 1 amide bonds. The topological polar surface area (TPSA) is 114 Å². The molecular formula is C9H7F3N2O4. The highest BCUT2D eigenvalue weighted by Gasteiger charge is 2.38. The van der Waals surface area contributed by atoms with Crippen LogP contribution < -0.4 is 5.73 Å². The number of aliphatic hydroxyl groups is 1. The highest BCUT2D eigenvalue weighted by molar-refractivity contribution is 5.92. The second-order valence-corrected chi connectivity index (χ2v) is 3.26. The molecule has 0 saturated heterocycles. The zero-order valence-corrected chi connectivity index (χ0v) is 8.60. The highest BCUT2D eigenvalue weighted by Crippen LogP contribution is 2.34. The Morgan fingerprint density at radius 2 is 1.94 bits per heavy atom. The molecule has 0 spiro atoms. The quantitative estimate of drug-likeness (QED) is 0.727. The number of rotatable bonds is 3. The summed E-state index contributed by atoms with van der Waals surface area (Å²) < 4.78 is 37.9. The van der Waals surface area contributed by atoms with Crippen molar-refractivity contribution in [2.75, 3.05) is 0 Å². The molecule has 98 valence electrons. The molecule has 18 heavy (non-hydrogen) atoms. The fourth-order valence-corrected chi connectivity index (χ4v) is 1.17. The van der Waals surface area contributed by atoms with Crippen LogP contribution in [-0.2, 0) is 11.0 Å². The van der Waals surface area contributed by atoms with Gasteiger partial charge in [-0.05, 0) is 6.07 Å². The maximum Gasteiger partial charge on any atom is 0.418 e. The van der Waals surface area contributed by atoms with Gasteiger partial charge in [-0.25, -0.2) is 4.79 Å². The van der Waals surface area contributed by atoms with E-state index in [0.29, 0.717) is 12.3 Å². The van der Waals surface area contributed by atoms with Gasteiger partial charge < -0.3 is 15.9 Å². The number of aliphatic hydroxyl groups excluding tert-OH is 1. The molecule has 0 radical (unpaired) electrons. The van der Waals surface area contributed by atoms with Crippen molar-refractivity contribution in [3.63, 3.8) is 0 Å². The van der Waals surface area contributed by atoms with E-state index in [1.54, 1.807) is 0 Å². The lowest BCUT2D eigenvalue weighted by molar-refractivity contribution is -0.149. The summed E-state index contributed by atoms with van der Waals surface area (Å²) in [5.74, 6) is -3.04. The number of hydrogen-bond acceptors (Lipinski definition) is 4. The molecule has 1 atom stereocenters. The molecule has 1 aromatic heterocycles. The molecule has 6 nitrogen and oxygen atoms in total. The summed E-state index contributed by atoms with van der Waals surface area (Å²) in [7, 11) is 0. The second kappa shape index (κ2) is 4.61. The number of aliphatic carboxylic acids is 1. The fourth-order valence-electron chi connectivity index (χ4n) is 1.17. The monoisotopic (exact) mass is 264 g/mol. The third-order valence-corrected chi connectivity index (χ3v) is 2.00. The number of pyridine rings is 1.